The van der Waals surface area contributed by atoms with Gasteiger partial charge in [-0.25, -0.2) is 5.43 Å². The first kappa shape index (κ1) is 12.3. The smallest absolute Gasteiger partial charge is 0.0725 e. The summed E-state index contributed by atoms with van der Waals surface area (Å²) in [6, 6.07) is 8.85. The number of aromatic nitrogens is 1. The lowest BCUT2D eigenvalue weighted by Gasteiger charge is -2.18. The summed E-state index contributed by atoms with van der Waals surface area (Å²) < 4.78 is 0. The summed E-state index contributed by atoms with van der Waals surface area (Å²) in [4.78, 5) is 4.26. The number of nitrogens with one attached hydrogen (secondary N) is 1. The molecular formula is C16H19N3. The molecule has 2 aromatic rings. The highest BCUT2D eigenvalue weighted by Crippen LogP contribution is 2.28. The van der Waals surface area contributed by atoms with Crippen LogP contribution in [0, 0.1) is 6.92 Å². The second-order valence-electron chi connectivity index (χ2n) is 5.28. The Morgan fingerprint density at radius 1 is 1.11 bits per heavy atom. The summed E-state index contributed by atoms with van der Waals surface area (Å²) in [5.74, 6) is 5.75. The fourth-order valence-electron chi connectivity index (χ4n) is 2.89. The predicted molar refractivity (Wildman–Crippen MR) is 76.6 cm³/mol. The van der Waals surface area contributed by atoms with E-state index in [1.54, 1.807) is 0 Å². The van der Waals surface area contributed by atoms with Crippen molar-refractivity contribution in [3.8, 4) is 0 Å². The van der Waals surface area contributed by atoms with E-state index in [4.69, 9.17) is 5.84 Å². The monoisotopic (exact) mass is 253 g/mol. The number of rotatable bonds is 3. The highest BCUT2D eigenvalue weighted by atomic mass is 15.2. The zero-order valence-corrected chi connectivity index (χ0v) is 11.2. The van der Waals surface area contributed by atoms with Gasteiger partial charge >= 0.3 is 0 Å². The summed E-state index contributed by atoms with van der Waals surface area (Å²) in [5.41, 5.74) is 9.35. The number of hydrogen-bond donors (Lipinski definition) is 2. The Morgan fingerprint density at radius 3 is 2.74 bits per heavy atom. The van der Waals surface area contributed by atoms with Crippen LogP contribution in [0.4, 0.5) is 0 Å². The predicted octanol–water partition coefficient (Wildman–Crippen LogP) is 2.43. The van der Waals surface area contributed by atoms with Gasteiger partial charge in [0.15, 0.2) is 0 Å². The fraction of sp³-hybridized carbons (Fsp3) is 0.312. The molecule has 3 rings (SSSR count). The van der Waals surface area contributed by atoms with Crippen LogP contribution in [0.1, 0.15) is 40.3 Å². The third-order valence-corrected chi connectivity index (χ3v) is 3.85. The maximum atomic E-state index is 5.75. The van der Waals surface area contributed by atoms with Crippen LogP contribution in [-0.2, 0) is 12.8 Å². The van der Waals surface area contributed by atoms with E-state index in [1.165, 1.54) is 36.0 Å². The van der Waals surface area contributed by atoms with Gasteiger partial charge in [0.05, 0.1) is 6.04 Å². The molecule has 1 aromatic carbocycles. The molecule has 98 valence electrons. The number of hydrogen-bond acceptors (Lipinski definition) is 3. The molecule has 0 spiro atoms. The second-order valence-corrected chi connectivity index (χ2v) is 5.28. The quantitative estimate of drug-likeness (QED) is 0.652. The van der Waals surface area contributed by atoms with Gasteiger partial charge in [-0.05, 0) is 54.0 Å². The van der Waals surface area contributed by atoms with Crippen LogP contribution in [-0.4, -0.2) is 4.98 Å². The standard InChI is InChI=1S/C16H19N3/c1-11-7-15(10-18-9-11)16(19-17)14-6-5-12-3-2-4-13(12)8-14/h5-10,16,19H,2-4,17H2,1H3. The fourth-order valence-corrected chi connectivity index (χ4v) is 2.89. The molecular weight excluding hydrogens is 234 g/mol. The second kappa shape index (κ2) is 5.11. The Hall–Kier alpha value is -1.71. The number of pyridine rings is 1. The molecule has 3 heteroatoms. The third kappa shape index (κ3) is 2.39. The van der Waals surface area contributed by atoms with E-state index < -0.39 is 0 Å². The molecule has 0 bridgehead atoms. The van der Waals surface area contributed by atoms with Crippen molar-refractivity contribution in [3.63, 3.8) is 0 Å². The van der Waals surface area contributed by atoms with E-state index in [0.29, 0.717) is 0 Å². The molecule has 1 aromatic heterocycles. The van der Waals surface area contributed by atoms with E-state index >= 15 is 0 Å². The lowest BCUT2D eigenvalue weighted by atomic mass is 9.96. The minimum atomic E-state index is 0.0123. The van der Waals surface area contributed by atoms with Gasteiger partial charge in [-0.2, -0.15) is 0 Å². The van der Waals surface area contributed by atoms with Crippen LogP contribution >= 0.6 is 0 Å². The Bertz CT molecular complexity index is 592. The molecule has 1 atom stereocenters. The Balaban J connectivity index is 1.98. The van der Waals surface area contributed by atoms with Gasteiger partial charge in [0, 0.05) is 12.4 Å². The number of fused-ring (bicyclic) bond motifs is 1. The highest BCUT2D eigenvalue weighted by Gasteiger charge is 2.17. The average molecular weight is 253 g/mol. The van der Waals surface area contributed by atoms with Crippen molar-refractivity contribution in [1.82, 2.24) is 10.4 Å². The first-order chi connectivity index (χ1) is 9.28. The summed E-state index contributed by atoms with van der Waals surface area (Å²) in [6.07, 6.45) is 7.41. The van der Waals surface area contributed by atoms with E-state index in [1.807, 2.05) is 19.3 Å². The zero-order chi connectivity index (χ0) is 13.2. The van der Waals surface area contributed by atoms with Crippen molar-refractivity contribution in [2.24, 2.45) is 5.84 Å². The lowest BCUT2D eigenvalue weighted by Crippen LogP contribution is -2.29. The first-order valence-corrected chi connectivity index (χ1v) is 6.77. The number of hydrazine groups is 1. The van der Waals surface area contributed by atoms with Gasteiger partial charge in [-0.1, -0.05) is 24.3 Å². The minimum Gasteiger partial charge on any atom is -0.271 e. The van der Waals surface area contributed by atoms with Gasteiger partial charge in [0.1, 0.15) is 0 Å². The molecule has 1 aliphatic rings. The van der Waals surface area contributed by atoms with Gasteiger partial charge in [-0.3, -0.25) is 10.8 Å². The van der Waals surface area contributed by atoms with Gasteiger partial charge < -0.3 is 0 Å². The average Bonchev–Trinajstić information content (AvgIpc) is 2.87. The van der Waals surface area contributed by atoms with Crippen LogP contribution in [0.25, 0.3) is 0 Å². The molecule has 3 nitrogen and oxygen atoms in total. The van der Waals surface area contributed by atoms with Crippen LogP contribution in [0.5, 0.6) is 0 Å². The van der Waals surface area contributed by atoms with E-state index in [-0.39, 0.29) is 6.04 Å². The number of benzene rings is 1. The van der Waals surface area contributed by atoms with Crippen molar-refractivity contribution in [2.75, 3.05) is 0 Å². The number of aryl methyl sites for hydroxylation is 3. The minimum absolute atomic E-state index is 0.0123. The molecule has 1 heterocycles. The Kier molecular flexibility index (Phi) is 3.32. The maximum absolute atomic E-state index is 5.75. The molecule has 3 N–H and O–H groups in total. The molecule has 0 saturated heterocycles. The van der Waals surface area contributed by atoms with Crippen molar-refractivity contribution >= 4 is 0 Å². The topological polar surface area (TPSA) is 50.9 Å². The molecule has 0 aliphatic heterocycles. The van der Waals surface area contributed by atoms with Crippen LogP contribution in [0.3, 0.4) is 0 Å². The van der Waals surface area contributed by atoms with Crippen LogP contribution in [0.15, 0.2) is 36.7 Å². The van der Waals surface area contributed by atoms with Crippen molar-refractivity contribution in [2.45, 2.75) is 32.2 Å². The lowest BCUT2D eigenvalue weighted by molar-refractivity contribution is 0.633. The molecule has 0 amide bonds. The summed E-state index contributed by atoms with van der Waals surface area (Å²) >= 11 is 0. The number of nitrogens with zero attached hydrogens (tertiary/aromatic N) is 1. The van der Waals surface area contributed by atoms with E-state index in [2.05, 4.69) is 34.7 Å². The summed E-state index contributed by atoms with van der Waals surface area (Å²) in [6.45, 7) is 2.05. The molecule has 0 saturated carbocycles. The van der Waals surface area contributed by atoms with Gasteiger partial charge in [0.2, 0.25) is 0 Å². The largest absolute Gasteiger partial charge is 0.271 e. The Morgan fingerprint density at radius 2 is 1.95 bits per heavy atom. The first-order valence-electron chi connectivity index (χ1n) is 6.77. The Labute approximate surface area is 113 Å². The SMILES string of the molecule is Cc1cncc(C(NN)c2ccc3c(c2)CCC3)c1. The summed E-state index contributed by atoms with van der Waals surface area (Å²) in [5, 5.41) is 0. The molecule has 0 radical (unpaired) electrons. The highest BCUT2D eigenvalue weighted by molar-refractivity contribution is 5.40. The zero-order valence-electron chi connectivity index (χ0n) is 11.2. The van der Waals surface area contributed by atoms with Crippen molar-refractivity contribution < 1.29 is 0 Å². The van der Waals surface area contributed by atoms with Crippen LogP contribution < -0.4 is 11.3 Å². The maximum Gasteiger partial charge on any atom is 0.0725 e. The molecule has 0 fully saturated rings. The molecule has 1 unspecified atom stereocenters. The van der Waals surface area contributed by atoms with Gasteiger partial charge in [-0.15, -0.1) is 0 Å². The van der Waals surface area contributed by atoms with E-state index in [0.717, 1.165) is 11.1 Å². The number of nitrogens with two attached hydrogens (primary N) is 1. The summed E-state index contributed by atoms with van der Waals surface area (Å²) in [7, 11) is 0. The normalized spacial score (nSPS) is 15.3. The van der Waals surface area contributed by atoms with Crippen molar-refractivity contribution in [3.05, 3.63) is 64.5 Å². The van der Waals surface area contributed by atoms with Gasteiger partial charge in [0.25, 0.3) is 0 Å². The third-order valence-electron chi connectivity index (χ3n) is 3.85. The molecule has 1 aliphatic carbocycles. The van der Waals surface area contributed by atoms with Crippen LogP contribution in [0.2, 0.25) is 0 Å². The van der Waals surface area contributed by atoms with Crippen molar-refractivity contribution in [1.29, 1.82) is 0 Å². The van der Waals surface area contributed by atoms with E-state index in [9.17, 15) is 0 Å². The molecule has 19 heavy (non-hydrogen) atoms.